The van der Waals surface area contributed by atoms with Gasteiger partial charge in [0.1, 0.15) is 16.5 Å². The molecule has 1 aromatic heterocycles. The molecule has 7 heteroatoms. The van der Waals surface area contributed by atoms with Gasteiger partial charge in [-0.1, -0.05) is 56.3 Å². The molecule has 0 aliphatic heterocycles. The van der Waals surface area contributed by atoms with E-state index < -0.39 is 5.56 Å². The Morgan fingerprint density at radius 2 is 2.08 bits per heavy atom. The molecular weight excluding hydrogens is 340 g/mol. The van der Waals surface area contributed by atoms with Crippen LogP contribution in [0.25, 0.3) is 0 Å². The highest BCUT2D eigenvalue weighted by atomic mass is 35.5. The molecule has 0 fully saturated rings. The molecule has 2 N–H and O–H groups in total. The smallest absolute Gasteiger partial charge is 0.285 e. The number of rotatable bonds is 10. The van der Waals surface area contributed by atoms with Crippen LogP contribution in [0.4, 0.5) is 5.69 Å². The van der Waals surface area contributed by atoms with E-state index in [9.17, 15) is 4.79 Å². The normalized spacial score (nSPS) is 11.0. The molecule has 2 rings (SSSR count). The van der Waals surface area contributed by atoms with Gasteiger partial charge in [-0.05, 0) is 18.6 Å². The minimum atomic E-state index is -0.464. The third kappa shape index (κ3) is 6.23. The van der Waals surface area contributed by atoms with Crippen molar-refractivity contribution in [1.29, 1.82) is 0 Å². The number of hydrogen-bond donors (Lipinski definition) is 2. The highest BCUT2D eigenvalue weighted by Crippen LogP contribution is 2.18. The number of benzene rings is 1. The van der Waals surface area contributed by atoms with Gasteiger partial charge in [-0.15, -0.1) is 0 Å². The maximum atomic E-state index is 11.4. The molecule has 6 nitrogen and oxygen atoms in total. The van der Waals surface area contributed by atoms with Crippen molar-refractivity contribution in [2.75, 3.05) is 12.0 Å². The van der Waals surface area contributed by atoms with Crippen molar-refractivity contribution in [3.63, 3.8) is 0 Å². The molecule has 0 unspecified atom stereocenters. The number of hydrazone groups is 1. The van der Waals surface area contributed by atoms with Crippen LogP contribution >= 0.6 is 11.6 Å². The zero-order chi connectivity index (χ0) is 17.9. The monoisotopic (exact) mass is 362 g/mol. The average Bonchev–Trinajstić information content (AvgIpc) is 2.63. The quantitative estimate of drug-likeness (QED) is 0.377. The van der Waals surface area contributed by atoms with Gasteiger partial charge in [0.25, 0.3) is 5.56 Å². The average molecular weight is 363 g/mol. The second-order valence-corrected chi connectivity index (χ2v) is 5.98. The number of hydrogen-bond acceptors (Lipinski definition) is 5. The topological polar surface area (TPSA) is 79.4 Å². The number of unbranched alkanes of at least 4 members (excludes halogenated alkanes) is 4. The van der Waals surface area contributed by atoms with E-state index in [1.165, 1.54) is 31.9 Å². The molecule has 0 aliphatic carbocycles. The lowest BCUT2D eigenvalue weighted by atomic mass is 10.2. The Kier molecular flexibility index (Phi) is 7.98. The molecule has 0 saturated heterocycles. The Bertz CT molecular complexity index is 746. The zero-order valence-electron chi connectivity index (χ0n) is 14.3. The van der Waals surface area contributed by atoms with Gasteiger partial charge >= 0.3 is 0 Å². The first-order valence-corrected chi connectivity index (χ1v) is 8.84. The number of ether oxygens (including phenoxy) is 1. The van der Waals surface area contributed by atoms with E-state index in [-0.39, 0.29) is 5.02 Å². The van der Waals surface area contributed by atoms with Gasteiger partial charge in [0.05, 0.1) is 19.0 Å². The fourth-order valence-electron chi connectivity index (χ4n) is 2.24. The summed E-state index contributed by atoms with van der Waals surface area (Å²) in [5.41, 5.74) is 3.44. The van der Waals surface area contributed by atoms with E-state index in [1.807, 2.05) is 24.3 Å². The lowest BCUT2D eigenvalue weighted by Crippen LogP contribution is -2.10. The summed E-state index contributed by atoms with van der Waals surface area (Å²) in [6.07, 6.45) is 9.01. The van der Waals surface area contributed by atoms with Crippen molar-refractivity contribution in [1.82, 2.24) is 10.2 Å². The molecule has 0 saturated carbocycles. The van der Waals surface area contributed by atoms with Crippen LogP contribution in [0.5, 0.6) is 5.75 Å². The van der Waals surface area contributed by atoms with Gasteiger partial charge in [-0.2, -0.15) is 10.2 Å². The van der Waals surface area contributed by atoms with Crippen molar-refractivity contribution >= 4 is 23.5 Å². The first-order chi connectivity index (χ1) is 12.2. The van der Waals surface area contributed by atoms with Gasteiger partial charge in [0.2, 0.25) is 0 Å². The van der Waals surface area contributed by atoms with Crippen molar-refractivity contribution in [2.45, 2.75) is 39.0 Å². The van der Waals surface area contributed by atoms with E-state index in [2.05, 4.69) is 27.6 Å². The molecule has 1 heterocycles. The molecule has 0 aliphatic rings. The molecular formula is C18H23ClN4O2. The number of nitrogens with one attached hydrogen (secondary N) is 2. The van der Waals surface area contributed by atoms with Crippen molar-refractivity contribution < 1.29 is 4.74 Å². The Balaban J connectivity index is 1.91. The lowest BCUT2D eigenvalue weighted by Gasteiger charge is -2.09. The van der Waals surface area contributed by atoms with Crippen LogP contribution in [-0.2, 0) is 0 Å². The van der Waals surface area contributed by atoms with E-state index in [0.29, 0.717) is 12.3 Å². The SMILES string of the molecule is CCCCCCCOc1ccccc1/C=N\Nc1cn[nH]c(=O)c1Cl. The number of aromatic nitrogens is 2. The fraction of sp³-hybridized carbons (Fsp3) is 0.389. The van der Waals surface area contributed by atoms with E-state index >= 15 is 0 Å². The Morgan fingerprint density at radius 1 is 1.28 bits per heavy atom. The number of aromatic amines is 1. The minimum absolute atomic E-state index is 0.0174. The van der Waals surface area contributed by atoms with Crippen molar-refractivity contribution in [3.8, 4) is 5.75 Å². The van der Waals surface area contributed by atoms with Crippen LogP contribution in [0, 0.1) is 0 Å². The summed E-state index contributed by atoms with van der Waals surface area (Å²) in [6, 6.07) is 7.66. The predicted molar refractivity (Wildman–Crippen MR) is 102 cm³/mol. The third-order valence-corrected chi connectivity index (χ3v) is 3.98. The molecule has 134 valence electrons. The van der Waals surface area contributed by atoms with Gasteiger partial charge in [0, 0.05) is 5.56 Å². The van der Waals surface area contributed by atoms with Crippen LogP contribution in [0.3, 0.4) is 0 Å². The largest absolute Gasteiger partial charge is 0.493 e. The highest BCUT2D eigenvalue weighted by Gasteiger charge is 2.04. The molecule has 0 spiro atoms. The van der Waals surface area contributed by atoms with Crippen LogP contribution in [0.15, 0.2) is 40.4 Å². The number of para-hydroxylation sites is 1. The number of halogens is 1. The van der Waals surface area contributed by atoms with Crippen LogP contribution < -0.4 is 15.7 Å². The summed E-state index contributed by atoms with van der Waals surface area (Å²) in [4.78, 5) is 11.4. The maximum Gasteiger partial charge on any atom is 0.285 e. The third-order valence-electron chi connectivity index (χ3n) is 3.61. The zero-order valence-corrected chi connectivity index (χ0v) is 15.1. The maximum absolute atomic E-state index is 11.4. The standard InChI is InChI=1S/C18H23ClN4O2/c1-2-3-4-5-8-11-25-16-10-7-6-9-14(16)12-20-22-15-13-21-23-18(24)17(15)19/h6-7,9-10,12-13H,2-5,8,11H2,1H3,(H2,22,23,24)/b20-12-. The van der Waals surface area contributed by atoms with E-state index in [4.69, 9.17) is 16.3 Å². The van der Waals surface area contributed by atoms with E-state index in [0.717, 1.165) is 17.7 Å². The van der Waals surface area contributed by atoms with Crippen LogP contribution in [0.2, 0.25) is 5.02 Å². The molecule has 0 radical (unpaired) electrons. The summed E-state index contributed by atoms with van der Waals surface area (Å²) < 4.78 is 5.85. The molecule has 0 atom stereocenters. The Hall–Kier alpha value is -2.34. The van der Waals surface area contributed by atoms with Gasteiger partial charge in [0.15, 0.2) is 0 Å². The summed E-state index contributed by atoms with van der Waals surface area (Å²) in [6.45, 7) is 2.89. The van der Waals surface area contributed by atoms with Crippen molar-refractivity contribution in [2.24, 2.45) is 5.10 Å². The highest BCUT2D eigenvalue weighted by molar-refractivity contribution is 6.32. The summed E-state index contributed by atoms with van der Waals surface area (Å²) in [7, 11) is 0. The van der Waals surface area contributed by atoms with Crippen molar-refractivity contribution in [3.05, 3.63) is 51.4 Å². The molecule has 0 amide bonds. The minimum Gasteiger partial charge on any atom is -0.493 e. The molecule has 1 aromatic carbocycles. The summed E-state index contributed by atoms with van der Waals surface area (Å²) in [5, 5.41) is 10.1. The van der Waals surface area contributed by atoms with Crippen LogP contribution in [0.1, 0.15) is 44.6 Å². The Labute approximate surface area is 152 Å². The van der Waals surface area contributed by atoms with E-state index in [1.54, 1.807) is 6.21 Å². The second-order valence-electron chi connectivity index (χ2n) is 5.60. The number of nitrogens with zero attached hydrogens (tertiary/aromatic N) is 2. The molecule has 0 bridgehead atoms. The van der Waals surface area contributed by atoms with Gasteiger partial charge < -0.3 is 4.74 Å². The van der Waals surface area contributed by atoms with Gasteiger partial charge in [-0.3, -0.25) is 10.2 Å². The summed E-state index contributed by atoms with van der Waals surface area (Å²) >= 11 is 5.88. The fourth-order valence-corrected chi connectivity index (χ4v) is 2.37. The molecule has 2 aromatic rings. The van der Waals surface area contributed by atoms with Gasteiger partial charge in [-0.25, -0.2) is 5.10 Å². The first-order valence-electron chi connectivity index (χ1n) is 8.46. The first kappa shape index (κ1) is 19.0. The second kappa shape index (κ2) is 10.5. The molecule has 25 heavy (non-hydrogen) atoms. The number of anilines is 1. The number of H-pyrrole nitrogens is 1. The Morgan fingerprint density at radius 3 is 2.92 bits per heavy atom. The van der Waals surface area contributed by atoms with Crippen LogP contribution in [-0.4, -0.2) is 23.0 Å². The predicted octanol–water partition coefficient (Wildman–Crippen LogP) is 4.22. The lowest BCUT2D eigenvalue weighted by molar-refractivity contribution is 0.304. The summed E-state index contributed by atoms with van der Waals surface area (Å²) in [5.74, 6) is 0.777.